The van der Waals surface area contributed by atoms with Gasteiger partial charge in [-0.25, -0.2) is 4.39 Å². The fourth-order valence-electron chi connectivity index (χ4n) is 1.88. The van der Waals surface area contributed by atoms with E-state index in [0.29, 0.717) is 24.9 Å². The van der Waals surface area contributed by atoms with Crippen molar-refractivity contribution in [3.05, 3.63) is 71.5 Å². The number of amides is 1. The normalized spacial score (nSPS) is 10.2. The minimum atomic E-state index is -0.222. The number of hydrogen-bond donors (Lipinski definition) is 1. The number of hydrogen-bond acceptors (Lipinski definition) is 1. The molecule has 0 heterocycles. The predicted octanol–water partition coefficient (Wildman–Crippen LogP) is 2.73. The van der Waals surface area contributed by atoms with Crippen LogP contribution in [0.4, 0.5) is 4.39 Å². The molecule has 0 radical (unpaired) electrons. The maximum atomic E-state index is 13.3. The highest BCUT2D eigenvalue weighted by molar-refractivity contribution is 5.78. The Morgan fingerprint density at radius 1 is 1.00 bits per heavy atom. The highest BCUT2D eigenvalue weighted by atomic mass is 19.1. The molecule has 98 valence electrons. The SMILES string of the molecule is O=C(Cc1ccccc1)NCCc1ccccc1F. The van der Waals surface area contributed by atoms with Crippen LogP contribution in [0.3, 0.4) is 0 Å². The summed E-state index contributed by atoms with van der Waals surface area (Å²) >= 11 is 0. The third-order valence-corrected chi connectivity index (χ3v) is 2.88. The van der Waals surface area contributed by atoms with E-state index < -0.39 is 0 Å². The molecule has 0 spiro atoms. The van der Waals surface area contributed by atoms with Gasteiger partial charge in [-0.2, -0.15) is 0 Å². The number of carbonyl (C=O) groups is 1. The highest BCUT2D eigenvalue weighted by Gasteiger charge is 2.04. The Balaban J connectivity index is 1.77. The standard InChI is InChI=1S/C16H16FNO/c17-15-9-5-4-8-14(15)10-11-18-16(19)12-13-6-2-1-3-7-13/h1-9H,10-12H2,(H,18,19). The van der Waals surface area contributed by atoms with Gasteiger partial charge in [0.05, 0.1) is 6.42 Å². The number of benzene rings is 2. The van der Waals surface area contributed by atoms with Gasteiger partial charge < -0.3 is 5.32 Å². The van der Waals surface area contributed by atoms with Crippen LogP contribution >= 0.6 is 0 Å². The van der Waals surface area contributed by atoms with Crippen LogP contribution < -0.4 is 5.32 Å². The summed E-state index contributed by atoms with van der Waals surface area (Å²) in [7, 11) is 0. The van der Waals surface area contributed by atoms with Gasteiger partial charge in [-0.05, 0) is 23.6 Å². The van der Waals surface area contributed by atoms with Crippen molar-refractivity contribution < 1.29 is 9.18 Å². The molecule has 0 aliphatic heterocycles. The van der Waals surface area contributed by atoms with Crippen LogP contribution in [0, 0.1) is 5.82 Å². The summed E-state index contributed by atoms with van der Waals surface area (Å²) in [5, 5.41) is 2.80. The molecule has 0 aromatic heterocycles. The number of rotatable bonds is 5. The Morgan fingerprint density at radius 2 is 1.68 bits per heavy atom. The van der Waals surface area contributed by atoms with Gasteiger partial charge in [0.2, 0.25) is 5.91 Å². The molecule has 1 amide bonds. The lowest BCUT2D eigenvalue weighted by Gasteiger charge is -2.06. The van der Waals surface area contributed by atoms with Crippen LogP contribution in [0.2, 0.25) is 0 Å². The largest absolute Gasteiger partial charge is 0.355 e. The van der Waals surface area contributed by atoms with Crippen molar-refractivity contribution in [3.8, 4) is 0 Å². The summed E-state index contributed by atoms with van der Waals surface area (Å²) < 4.78 is 13.3. The molecule has 19 heavy (non-hydrogen) atoms. The third-order valence-electron chi connectivity index (χ3n) is 2.88. The van der Waals surface area contributed by atoms with E-state index >= 15 is 0 Å². The van der Waals surface area contributed by atoms with E-state index in [4.69, 9.17) is 0 Å². The predicted molar refractivity (Wildman–Crippen MR) is 73.3 cm³/mol. The monoisotopic (exact) mass is 257 g/mol. The van der Waals surface area contributed by atoms with Crippen LogP contribution in [-0.2, 0) is 17.6 Å². The first-order valence-electron chi connectivity index (χ1n) is 6.30. The molecule has 2 rings (SSSR count). The molecule has 1 N–H and O–H groups in total. The molecule has 2 nitrogen and oxygen atoms in total. The lowest BCUT2D eigenvalue weighted by Crippen LogP contribution is -2.27. The van der Waals surface area contributed by atoms with Crippen molar-refractivity contribution >= 4 is 5.91 Å². The molecule has 0 fully saturated rings. The summed E-state index contributed by atoms with van der Waals surface area (Å²) in [6, 6.07) is 16.2. The van der Waals surface area contributed by atoms with Gasteiger partial charge in [-0.3, -0.25) is 4.79 Å². The highest BCUT2D eigenvalue weighted by Crippen LogP contribution is 2.06. The second kappa shape index (κ2) is 6.69. The van der Waals surface area contributed by atoms with E-state index in [1.54, 1.807) is 18.2 Å². The van der Waals surface area contributed by atoms with Crippen molar-refractivity contribution in [2.45, 2.75) is 12.8 Å². The molecule has 0 aliphatic carbocycles. The maximum Gasteiger partial charge on any atom is 0.224 e. The van der Waals surface area contributed by atoms with Crippen LogP contribution in [0.25, 0.3) is 0 Å². The zero-order chi connectivity index (χ0) is 13.5. The average Bonchev–Trinajstić information content (AvgIpc) is 2.42. The van der Waals surface area contributed by atoms with Crippen LogP contribution in [-0.4, -0.2) is 12.5 Å². The lowest BCUT2D eigenvalue weighted by molar-refractivity contribution is -0.120. The van der Waals surface area contributed by atoms with Crippen molar-refractivity contribution in [1.82, 2.24) is 5.32 Å². The molecule has 0 saturated heterocycles. The van der Waals surface area contributed by atoms with Crippen LogP contribution in [0.5, 0.6) is 0 Å². The molecule has 0 bridgehead atoms. The Labute approximate surface area is 112 Å². The van der Waals surface area contributed by atoms with E-state index in [9.17, 15) is 9.18 Å². The van der Waals surface area contributed by atoms with Gasteiger partial charge >= 0.3 is 0 Å². The topological polar surface area (TPSA) is 29.1 Å². The lowest BCUT2D eigenvalue weighted by atomic mass is 10.1. The van der Waals surface area contributed by atoms with E-state index in [2.05, 4.69) is 5.32 Å². The molecule has 0 atom stereocenters. The van der Waals surface area contributed by atoms with Crippen LogP contribution in [0.1, 0.15) is 11.1 Å². The minimum absolute atomic E-state index is 0.0393. The summed E-state index contributed by atoms with van der Waals surface area (Å²) in [5.41, 5.74) is 1.61. The van der Waals surface area contributed by atoms with Gasteiger partial charge in [-0.1, -0.05) is 48.5 Å². The van der Waals surface area contributed by atoms with Gasteiger partial charge in [0.15, 0.2) is 0 Å². The number of halogens is 1. The van der Waals surface area contributed by atoms with E-state index in [1.807, 2.05) is 30.3 Å². The maximum absolute atomic E-state index is 13.3. The number of carbonyl (C=O) groups excluding carboxylic acids is 1. The Morgan fingerprint density at radius 3 is 2.42 bits per heavy atom. The zero-order valence-corrected chi connectivity index (χ0v) is 10.6. The Bertz CT molecular complexity index is 539. The van der Waals surface area contributed by atoms with Gasteiger partial charge in [0.25, 0.3) is 0 Å². The molecular weight excluding hydrogens is 241 g/mol. The molecule has 0 aliphatic rings. The summed E-state index contributed by atoms with van der Waals surface area (Å²) in [4.78, 5) is 11.7. The van der Waals surface area contributed by atoms with E-state index in [0.717, 1.165) is 5.56 Å². The van der Waals surface area contributed by atoms with Crippen molar-refractivity contribution in [1.29, 1.82) is 0 Å². The second-order valence-electron chi connectivity index (χ2n) is 4.35. The van der Waals surface area contributed by atoms with Crippen molar-refractivity contribution in [2.24, 2.45) is 0 Å². The van der Waals surface area contributed by atoms with E-state index in [1.165, 1.54) is 6.07 Å². The second-order valence-corrected chi connectivity index (χ2v) is 4.35. The Hall–Kier alpha value is -2.16. The molecule has 0 unspecified atom stereocenters. The fraction of sp³-hybridized carbons (Fsp3) is 0.188. The van der Waals surface area contributed by atoms with Crippen LogP contribution in [0.15, 0.2) is 54.6 Å². The third kappa shape index (κ3) is 4.21. The minimum Gasteiger partial charge on any atom is -0.355 e. The molecule has 0 saturated carbocycles. The number of nitrogens with one attached hydrogen (secondary N) is 1. The van der Waals surface area contributed by atoms with Crippen molar-refractivity contribution in [3.63, 3.8) is 0 Å². The van der Waals surface area contributed by atoms with Gasteiger partial charge in [0, 0.05) is 6.54 Å². The first-order chi connectivity index (χ1) is 9.25. The van der Waals surface area contributed by atoms with Crippen molar-refractivity contribution in [2.75, 3.05) is 6.54 Å². The first-order valence-corrected chi connectivity index (χ1v) is 6.30. The molecule has 2 aromatic carbocycles. The van der Waals surface area contributed by atoms with Gasteiger partial charge in [0.1, 0.15) is 5.82 Å². The molecule has 2 aromatic rings. The summed E-state index contributed by atoms with van der Waals surface area (Å²) in [6.45, 7) is 0.451. The fourth-order valence-corrected chi connectivity index (χ4v) is 1.88. The average molecular weight is 257 g/mol. The smallest absolute Gasteiger partial charge is 0.224 e. The molecular formula is C16H16FNO. The molecule has 3 heteroatoms. The Kier molecular flexibility index (Phi) is 4.67. The van der Waals surface area contributed by atoms with Gasteiger partial charge in [-0.15, -0.1) is 0 Å². The summed E-state index contributed by atoms with van der Waals surface area (Å²) in [6.07, 6.45) is 0.866. The summed E-state index contributed by atoms with van der Waals surface area (Å²) in [5.74, 6) is -0.262. The van der Waals surface area contributed by atoms with E-state index in [-0.39, 0.29) is 11.7 Å². The zero-order valence-electron chi connectivity index (χ0n) is 10.6. The first kappa shape index (κ1) is 13.3. The quantitative estimate of drug-likeness (QED) is 0.876.